The van der Waals surface area contributed by atoms with Gasteiger partial charge in [-0.1, -0.05) is 56.7 Å². The highest BCUT2D eigenvalue weighted by Gasteiger charge is 2.20. The van der Waals surface area contributed by atoms with Crippen LogP contribution in [0.5, 0.6) is 0 Å². The predicted octanol–water partition coefficient (Wildman–Crippen LogP) is 4.15. The Morgan fingerprint density at radius 3 is 2.33 bits per heavy atom. The number of aryl methyl sites for hydroxylation is 1. The minimum Gasteiger partial charge on any atom is -0.400 e. The largest absolute Gasteiger partial charge is 0.400 e. The molecule has 0 heterocycles. The van der Waals surface area contributed by atoms with E-state index in [0.29, 0.717) is 0 Å². The lowest BCUT2D eigenvalue weighted by Crippen LogP contribution is -2.23. The van der Waals surface area contributed by atoms with E-state index in [4.69, 9.17) is 5.11 Å². The fourth-order valence-electron chi connectivity index (χ4n) is 2.93. The first-order valence-electron chi connectivity index (χ1n) is 7.97. The molecular weight excluding hydrogens is 262 g/mol. The number of nitrogens with one attached hydrogen (secondary N) is 1. The van der Waals surface area contributed by atoms with Crippen molar-refractivity contribution in [3.8, 4) is 0 Å². The lowest BCUT2D eigenvalue weighted by Gasteiger charge is -2.24. The lowest BCUT2D eigenvalue weighted by atomic mass is 9.83. The van der Waals surface area contributed by atoms with Gasteiger partial charge in [0, 0.05) is 18.7 Å². The van der Waals surface area contributed by atoms with Crippen LogP contribution < -0.4 is 5.32 Å². The molecule has 0 bridgehead atoms. The van der Waals surface area contributed by atoms with Crippen LogP contribution in [0.4, 0.5) is 5.69 Å². The zero-order chi connectivity index (χ0) is 15.7. The lowest BCUT2D eigenvalue weighted by molar-refractivity contribution is -0.120. The van der Waals surface area contributed by atoms with Gasteiger partial charge >= 0.3 is 0 Å². The number of carbonyl (C=O) groups is 1. The standard InChI is InChI=1S/C17H25NO.CH4O/c1-13-8-10-16(11-9-13)18-17(19)14(2)12-15-6-4-3-5-7-15;1-2/h8-11,14-15H,3-7,12H2,1-2H3,(H,18,19);2H,1H3. The van der Waals surface area contributed by atoms with Crippen molar-refractivity contribution in [3.63, 3.8) is 0 Å². The first-order valence-corrected chi connectivity index (χ1v) is 7.97. The summed E-state index contributed by atoms with van der Waals surface area (Å²) >= 11 is 0. The molecule has 0 radical (unpaired) electrons. The summed E-state index contributed by atoms with van der Waals surface area (Å²) in [5.74, 6) is 1.03. The average molecular weight is 291 g/mol. The molecule has 1 aromatic rings. The van der Waals surface area contributed by atoms with E-state index in [0.717, 1.165) is 25.1 Å². The van der Waals surface area contributed by atoms with Crippen LogP contribution in [-0.2, 0) is 4.79 Å². The number of aliphatic hydroxyl groups is 1. The molecule has 21 heavy (non-hydrogen) atoms. The van der Waals surface area contributed by atoms with Gasteiger partial charge in [-0.05, 0) is 31.4 Å². The summed E-state index contributed by atoms with van der Waals surface area (Å²) in [6, 6.07) is 8.00. The second kappa shape index (κ2) is 9.56. The van der Waals surface area contributed by atoms with Crippen molar-refractivity contribution in [1.82, 2.24) is 0 Å². The minimum atomic E-state index is 0.115. The van der Waals surface area contributed by atoms with E-state index >= 15 is 0 Å². The van der Waals surface area contributed by atoms with Crippen LogP contribution >= 0.6 is 0 Å². The molecule has 1 aliphatic carbocycles. The van der Waals surface area contributed by atoms with E-state index in [1.165, 1.54) is 37.7 Å². The van der Waals surface area contributed by atoms with Crippen molar-refractivity contribution in [2.45, 2.75) is 52.4 Å². The van der Waals surface area contributed by atoms with Gasteiger partial charge in [0.1, 0.15) is 0 Å². The van der Waals surface area contributed by atoms with Crippen LogP contribution in [0.1, 0.15) is 51.0 Å². The van der Waals surface area contributed by atoms with Crippen molar-refractivity contribution in [1.29, 1.82) is 0 Å². The summed E-state index contributed by atoms with van der Waals surface area (Å²) in [5, 5.41) is 10.0. The maximum atomic E-state index is 12.2. The topological polar surface area (TPSA) is 49.3 Å². The maximum Gasteiger partial charge on any atom is 0.227 e. The SMILES string of the molecule is CO.Cc1ccc(NC(=O)C(C)CC2CCCCC2)cc1. The van der Waals surface area contributed by atoms with Crippen molar-refractivity contribution >= 4 is 11.6 Å². The zero-order valence-corrected chi connectivity index (χ0v) is 13.6. The van der Waals surface area contributed by atoms with Gasteiger partial charge in [-0.2, -0.15) is 0 Å². The van der Waals surface area contributed by atoms with Gasteiger partial charge in [0.05, 0.1) is 0 Å². The Labute approximate surface area is 128 Å². The fraction of sp³-hybridized carbons (Fsp3) is 0.611. The van der Waals surface area contributed by atoms with Crippen LogP contribution in [0, 0.1) is 18.8 Å². The summed E-state index contributed by atoms with van der Waals surface area (Å²) in [6.07, 6.45) is 7.72. The Kier molecular flexibility index (Phi) is 8.06. The van der Waals surface area contributed by atoms with Crippen molar-refractivity contribution in [2.24, 2.45) is 11.8 Å². The second-order valence-corrected chi connectivity index (χ2v) is 6.00. The van der Waals surface area contributed by atoms with Gasteiger partial charge in [-0.15, -0.1) is 0 Å². The number of hydrogen-bond acceptors (Lipinski definition) is 2. The van der Waals surface area contributed by atoms with E-state index < -0.39 is 0 Å². The predicted molar refractivity (Wildman–Crippen MR) is 88.3 cm³/mol. The van der Waals surface area contributed by atoms with Crippen LogP contribution in [0.3, 0.4) is 0 Å². The molecule has 1 aromatic carbocycles. The number of amides is 1. The van der Waals surface area contributed by atoms with Gasteiger partial charge in [-0.3, -0.25) is 4.79 Å². The number of anilines is 1. The highest BCUT2D eigenvalue weighted by Crippen LogP contribution is 2.29. The third kappa shape index (κ3) is 6.30. The summed E-state index contributed by atoms with van der Waals surface area (Å²) < 4.78 is 0. The molecule has 0 saturated heterocycles. The van der Waals surface area contributed by atoms with E-state index in [1.54, 1.807) is 0 Å². The maximum absolute atomic E-state index is 12.2. The monoisotopic (exact) mass is 291 g/mol. The molecular formula is C18H29NO2. The molecule has 1 fully saturated rings. The van der Waals surface area contributed by atoms with Crippen molar-refractivity contribution in [3.05, 3.63) is 29.8 Å². The number of benzene rings is 1. The smallest absolute Gasteiger partial charge is 0.227 e. The summed E-state index contributed by atoms with van der Waals surface area (Å²) in [7, 11) is 1.00. The van der Waals surface area contributed by atoms with Gasteiger partial charge in [0.2, 0.25) is 5.91 Å². The second-order valence-electron chi connectivity index (χ2n) is 6.00. The van der Waals surface area contributed by atoms with Crippen molar-refractivity contribution < 1.29 is 9.90 Å². The normalized spacial score (nSPS) is 16.6. The number of aliphatic hydroxyl groups excluding tert-OH is 1. The third-order valence-electron chi connectivity index (χ3n) is 4.18. The molecule has 1 atom stereocenters. The Bertz CT molecular complexity index is 408. The molecule has 1 aliphatic rings. The van der Waals surface area contributed by atoms with E-state index in [1.807, 2.05) is 24.3 Å². The summed E-state index contributed by atoms with van der Waals surface area (Å²) in [6.45, 7) is 4.11. The molecule has 0 spiro atoms. The fourth-order valence-corrected chi connectivity index (χ4v) is 2.93. The number of hydrogen-bond donors (Lipinski definition) is 2. The molecule has 1 saturated carbocycles. The van der Waals surface area contributed by atoms with Gasteiger partial charge in [0.15, 0.2) is 0 Å². The molecule has 3 nitrogen and oxygen atoms in total. The van der Waals surface area contributed by atoms with Gasteiger partial charge in [-0.25, -0.2) is 0 Å². The molecule has 1 amide bonds. The van der Waals surface area contributed by atoms with Crippen molar-refractivity contribution in [2.75, 3.05) is 12.4 Å². The van der Waals surface area contributed by atoms with Gasteiger partial charge in [0.25, 0.3) is 0 Å². The molecule has 2 N–H and O–H groups in total. The Morgan fingerprint density at radius 1 is 1.19 bits per heavy atom. The molecule has 0 aromatic heterocycles. The Hall–Kier alpha value is -1.35. The first-order chi connectivity index (χ1) is 10.1. The third-order valence-corrected chi connectivity index (χ3v) is 4.18. The Morgan fingerprint density at radius 2 is 1.76 bits per heavy atom. The molecule has 3 heteroatoms. The van der Waals surface area contributed by atoms with Gasteiger partial charge < -0.3 is 10.4 Å². The van der Waals surface area contributed by atoms with Crippen LogP contribution in [0.25, 0.3) is 0 Å². The minimum absolute atomic E-state index is 0.115. The average Bonchev–Trinajstić information content (AvgIpc) is 2.52. The van der Waals surface area contributed by atoms with Crippen LogP contribution in [0.2, 0.25) is 0 Å². The summed E-state index contributed by atoms with van der Waals surface area (Å²) in [5.41, 5.74) is 2.12. The highest BCUT2D eigenvalue weighted by atomic mass is 16.2. The highest BCUT2D eigenvalue weighted by molar-refractivity contribution is 5.92. The molecule has 1 unspecified atom stereocenters. The zero-order valence-electron chi connectivity index (χ0n) is 13.6. The quantitative estimate of drug-likeness (QED) is 0.875. The Balaban J connectivity index is 0.00000106. The number of carbonyl (C=O) groups excluding carboxylic acids is 1. The first kappa shape index (κ1) is 17.7. The number of rotatable bonds is 4. The van der Waals surface area contributed by atoms with Crippen LogP contribution in [0.15, 0.2) is 24.3 Å². The summed E-state index contributed by atoms with van der Waals surface area (Å²) in [4.78, 5) is 12.2. The van der Waals surface area contributed by atoms with E-state index in [9.17, 15) is 4.79 Å². The van der Waals surface area contributed by atoms with E-state index in [2.05, 4.69) is 19.2 Å². The van der Waals surface area contributed by atoms with E-state index in [-0.39, 0.29) is 11.8 Å². The van der Waals surface area contributed by atoms with Crippen LogP contribution in [-0.4, -0.2) is 18.1 Å². The molecule has 2 rings (SSSR count). The molecule has 0 aliphatic heterocycles. The molecule has 118 valence electrons.